The first-order valence-corrected chi connectivity index (χ1v) is 12.6. The Morgan fingerprint density at radius 3 is 2.44 bits per heavy atom. The quantitative estimate of drug-likeness (QED) is 0.496. The normalized spacial score (nSPS) is 14.9. The summed E-state index contributed by atoms with van der Waals surface area (Å²) < 4.78 is 11.5. The zero-order chi connectivity index (χ0) is 25.9. The average molecular weight is 492 g/mol. The number of ether oxygens (including phenoxy) is 1. The Bertz CT molecular complexity index is 1210. The number of likely N-dealkylation sites (tertiary alicyclic amines) is 1. The van der Waals surface area contributed by atoms with Crippen molar-refractivity contribution in [2.75, 3.05) is 47.4 Å². The molecule has 2 heterocycles. The number of fused-ring (bicyclic) bond motifs is 1. The predicted octanol–water partition coefficient (Wildman–Crippen LogP) is 4.66. The van der Waals surface area contributed by atoms with Crippen LogP contribution >= 0.6 is 0 Å². The molecule has 0 saturated carbocycles. The van der Waals surface area contributed by atoms with Crippen molar-refractivity contribution in [2.24, 2.45) is 11.3 Å². The van der Waals surface area contributed by atoms with E-state index in [-0.39, 0.29) is 23.1 Å². The van der Waals surface area contributed by atoms with E-state index in [2.05, 4.69) is 24.1 Å². The summed E-state index contributed by atoms with van der Waals surface area (Å²) in [6, 6.07) is 15.5. The molecule has 0 spiro atoms. The van der Waals surface area contributed by atoms with Crippen LogP contribution < -0.4 is 10.1 Å². The number of nitrogens with one attached hydrogen (secondary N) is 1. The third kappa shape index (κ3) is 5.73. The molecule has 1 fully saturated rings. The van der Waals surface area contributed by atoms with E-state index in [4.69, 9.17) is 9.15 Å². The lowest BCUT2D eigenvalue weighted by molar-refractivity contribution is -0.126. The monoisotopic (exact) mass is 491 g/mol. The average Bonchev–Trinajstić information content (AvgIpc) is 3.25. The molecule has 0 atom stereocenters. The standard InChI is InChI=1S/C29H37N3O4/c1-29(2,19-31(3)4)18-30-27(33)21-13-15-32(16-14-21)28(34)26-25(20-9-7-6-8-10-20)23-12-11-22(35-5)17-24(23)36-26/h6-12,17,21H,13-16,18-19H2,1-5H3,(H,30,33). The van der Waals surface area contributed by atoms with Crippen LogP contribution in [0.4, 0.5) is 0 Å². The second-order valence-electron chi connectivity index (χ2n) is 10.7. The number of amides is 2. The molecule has 1 aromatic heterocycles. The van der Waals surface area contributed by atoms with Gasteiger partial charge in [-0.2, -0.15) is 0 Å². The van der Waals surface area contributed by atoms with E-state index < -0.39 is 0 Å². The number of hydrogen-bond donors (Lipinski definition) is 1. The van der Waals surface area contributed by atoms with Gasteiger partial charge in [-0.1, -0.05) is 44.2 Å². The van der Waals surface area contributed by atoms with Crippen LogP contribution in [-0.2, 0) is 4.79 Å². The Morgan fingerprint density at radius 1 is 1.11 bits per heavy atom. The van der Waals surface area contributed by atoms with E-state index in [1.165, 1.54) is 0 Å². The molecule has 1 aliphatic rings. The van der Waals surface area contributed by atoms with Crippen molar-refractivity contribution in [2.45, 2.75) is 26.7 Å². The molecular weight excluding hydrogens is 454 g/mol. The molecule has 0 bridgehead atoms. The van der Waals surface area contributed by atoms with Gasteiger partial charge in [0.1, 0.15) is 11.3 Å². The summed E-state index contributed by atoms with van der Waals surface area (Å²) in [4.78, 5) is 30.4. The van der Waals surface area contributed by atoms with Crippen LogP contribution in [0.15, 0.2) is 52.9 Å². The topological polar surface area (TPSA) is 75.0 Å². The van der Waals surface area contributed by atoms with Crippen molar-refractivity contribution in [1.29, 1.82) is 0 Å². The van der Waals surface area contributed by atoms with Crippen molar-refractivity contribution in [3.05, 3.63) is 54.3 Å². The van der Waals surface area contributed by atoms with Crippen molar-refractivity contribution in [3.63, 3.8) is 0 Å². The van der Waals surface area contributed by atoms with E-state index in [1.807, 2.05) is 62.6 Å². The molecule has 3 aromatic rings. The van der Waals surface area contributed by atoms with Crippen molar-refractivity contribution in [1.82, 2.24) is 15.1 Å². The van der Waals surface area contributed by atoms with Gasteiger partial charge in [-0.15, -0.1) is 0 Å². The van der Waals surface area contributed by atoms with Gasteiger partial charge >= 0.3 is 0 Å². The first kappa shape index (κ1) is 25.8. The molecule has 1 N–H and O–H groups in total. The molecule has 7 nitrogen and oxygen atoms in total. The van der Waals surface area contributed by atoms with Gasteiger partial charge in [0.05, 0.1) is 7.11 Å². The summed E-state index contributed by atoms with van der Waals surface area (Å²) in [6.45, 7) is 6.88. The van der Waals surface area contributed by atoms with Crippen molar-refractivity contribution >= 4 is 22.8 Å². The molecule has 7 heteroatoms. The van der Waals surface area contributed by atoms with Crippen LogP contribution in [0.2, 0.25) is 0 Å². The summed E-state index contributed by atoms with van der Waals surface area (Å²) in [6.07, 6.45) is 1.28. The molecule has 1 saturated heterocycles. The molecule has 1 aliphatic heterocycles. The lowest BCUT2D eigenvalue weighted by Gasteiger charge is -2.33. The van der Waals surface area contributed by atoms with Gasteiger partial charge in [0, 0.05) is 49.1 Å². The smallest absolute Gasteiger partial charge is 0.290 e. The Morgan fingerprint density at radius 2 is 1.81 bits per heavy atom. The minimum absolute atomic E-state index is 0.00631. The zero-order valence-electron chi connectivity index (χ0n) is 22.0. The molecule has 0 aliphatic carbocycles. The number of carbonyl (C=O) groups is 2. The van der Waals surface area contributed by atoms with Crippen molar-refractivity contribution in [3.8, 4) is 16.9 Å². The SMILES string of the molecule is COc1ccc2c(-c3ccccc3)c(C(=O)N3CCC(C(=O)NCC(C)(C)CN(C)C)CC3)oc2c1. The van der Waals surface area contributed by atoms with Crippen LogP contribution in [0.3, 0.4) is 0 Å². The number of furan rings is 1. The van der Waals surface area contributed by atoms with Crippen molar-refractivity contribution < 1.29 is 18.7 Å². The number of rotatable bonds is 8. The van der Waals surface area contributed by atoms with Crippen LogP contribution in [-0.4, -0.2) is 69.0 Å². The van der Waals surface area contributed by atoms with E-state index >= 15 is 0 Å². The third-order valence-corrected chi connectivity index (χ3v) is 6.79. The summed E-state index contributed by atoms with van der Waals surface area (Å²) in [7, 11) is 5.69. The zero-order valence-corrected chi connectivity index (χ0v) is 22.0. The fourth-order valence-electron chi connectivity index (χ4n) is 5.12. The summed E-state index contributed by atoms with van der Waals surface area (Å²) in [5.74, 6) is 0.857. The second kappa shape index (κ2) is 10.7. The van der Waals surface area contributed by atoms with Gasteiger partial charge in [0.2, 0.25) is 11.7 Å². The Balaban J connectivity index is 1.48. The van der Waals surface area contributed by atoms with E-state index in [1.54, 1.807) is 12.0 Å². The highest BCUT2D eigenvalue weighted by Crippen LogP contribution is 2.37. The molecule has 2 amide bonds. The fraction of sp³-hybridized carbons (Fsp3) is 0.448. The van der Waals surface area contributed by atoms with E-state index in [9.17, 15) is 9.59 Å². The molecule has 0 unspecified atom stereocenters. The number of piperidine rings is 1. The molecule has 2 aromatic carbocycles. The van der Waals surface area contributed by atoms with Gasteiger partial charge in [-0.25, -0.2) is 0 Å². The van der Waals surface area contributed by atoms with Gasteiger partial charge < -0.3 is 24.3 Å². The summed E-state index contributed by atoms with van der Waals surface area (Å²) in [5.41, 5.74) is 2.33. The minimum atomic E-state index is -0.144. The molecule has 36 heavy (non-hydrogen) atoms. The Hall–Kier alpha value is -3.32. The number of nitrogens with zero attached hydrogens (tertiary/aromatic N) is 2. The predicted molar refractivity (Wildman–Crippen MR) is 142 cm³/mol. The number of hydrogen-bond acceptors (Lipinski definition) is 5. The maximum atomic E-state index is 13.7. The first-order chi connectivity index (χ1) is 17.2. The highest BCUT2D eigenvalue weighted by Gasteiger charge is 2.32. The van der Waals surface area contributed by atoms with E-state index in [0.29, 0.717) is 49.6 Å². The maximum absolute atomic E-state index is 13.7. The first-order valence-electron chi connectivity index (χ1n) is 12.6. The lowest BCUT2D eigenvalue weighted by Crippen LogP contribution is -2.46. The molecule has 0 radical (unpaired) electrons. The molecule has 192 valence electrons. The van der Waals surface area contributed by atoms with Crippen LogP contribution in [0.5, 0.6) is 5.75 Å². The van der Waals surface area contributed by atoms with E-state index in [0.717, 1.165) is 23.1 Å². The van der Waals surface area contributed by atoms with Gasteiger partial charge in [0.15, 0.2) is 0 Å². The summed E-state index contributed by atoms with van der Waals surface area (Å²) in [5, 5.41) is 4.01. The second-order valence-corrected chi connectivity index (χ2v) is 10.7. The Labute approximate surface area is 213 Å². The third-order valence-electron chi connectivity index (χ3n) is 6.79. The minimum Gasteiger partial charge on any atom is -0.497 e. The highest BCUT2D eigenvalue weighted by molar-refractivity contribution is 6.08. The van der Waals surface area contributed by atoms with Gasteiger partial charge in [-0.05, 0) is 50.0 Å². The van der Waals surface area contributed by atoms with Crippen LogP contribution in [0.1, 0.15) is 37.2 Å². The maximum Gasteiger partial charge on any atom is 0.290 e. The van der Waals surface area contributed by atoms with Crippen LogP contribution in [0, 0.1) is 11.3 Å². The fourth-order valence-corrected chi connectivity index (χ4v) is 5.12. The summed E-state index contributed by atoms with van der Waals surface area (Å²) >= 11 is 0. The molecular formula is C29H37N3O4. The largest absolute Gasteiger partial charge is 0.497 e. The van der Waals surface area contributed by atoms with Gasteiger partial charge in [-0.3, -0.25) is 9.59 Å². The highest BCUT2D eigenvalue weighted by atomic mass is 16.5. The lowest BCUT2D eigenvalue weighted by atomic mass is 9.91. The molecule has 4 rings (SSSR count). The number of methoxy groups -OCH3 is 1. The number of benzene rings is 2. The van der Waals surface area contributed by atoms with Gasteiger partial charge in [0.25, 0.3) is 5.91 Å². The number of carbonyl (C=O) groups excluding carboxylic acids is 2. The Kier molecular flexibility index (Phi) is 7.69. The van der Waals surface area contributed by atoms with Crippen LogP contribution in [0.25, 0.3) is 22.1 Å².